The fourth-order valence-electron chi connectivity index (χ4n) is 1.47. The molecule has 0 spiro atoms. The summed E-state index contributed by atoms with van der Waals surface area (Å²) in [7, 11) is 0. The molecule has 0 aliphatic rings. The number of para-hydroxylation sites is 1. The van der Waals surface area contributed by atoms with Crippen LogP contribution in [0.4, 0.5) is 0 Å². The van der Waals surface area contributed by atoms with Crippen LogP contribution in [0.3, 0.4) is 0 Å². The molecule has 92 valence electrons. The maximum Gasteiger partial charge on any atom is 0.323 e. The average Bonchev–Trinajstić information content (AvgIpc) is 2.28. The Balaban J connectivity index is 2.71. The summed E-state index contributed by atoms with van der Waals surface area (Å²) in [5.74, 6) is -1.30. The highest BCUT2D eigenvalue weighted by Crippen LogP contribution is 2.16. The summed E-state index contributed by atoms with van der Waals surface area (Å²) in [4.78, 5) is 23.6. The number of phenols is 1. The van der Waals surface area contributed by atoms with Crippen LogP contribution in [0.25, 0.3) is 0 Å². The molecule has 0 fully saturated rings. The lowest BCUT2D eigenvalue weighted by Gasteiger charge is -2.18. The second-order valence-corrected chi connectivity index (χ2v) is 3.61. The van der Waals surface area contributed by atoms with Crippen molar-refractivity contribution in [3.63, 3.8) is 0 Å². The van der Waals surface area contributed by atoms with E-state index in [-0.39, 0.29) is 24.6 Å². The Labute approximate surface area is 99.3 Å². The molecule has 0 saturated heterocycles. The van der Waals surface area contributed by atoms with Crippen LogP contribution < -0.4 is 0 Å². The Morgan fingerprint density at radius 2 is 1.94 bits per heavy atom. The Morgan fingerprint density at radius 3 is 2.47 bits per heavy atom. The summed E-state index contributed by atoms with van der Waals surface area (Å²) in [6, 6.07) is 6.52. The molecule has 17 heavy (non-hydrogen) atoms. The molecular weight excluding hydrogens is 222 g/mol. The van der Waals surface area contributed by atoms with Crippen LogP contribution in [0.5, 0.6) is 5.75 Å². The topological polar surface area (TPSA) is 77.8 Å². The van der Waals surface area contributed by atoms with E-state index in [0.717, 1.165) is 0 Å². The van der Waals surface area contributed by atoms with Crippen LogP contribution in [0.1, 0.15) is 12.5 Å². The molecule has 0 unspecified atom stereocenters. The maximum atomic E-state index is 11.8. The third kappa shape index (κ3) is 3.79. The second-order valence-electron chi connectivity index (χ2n) is 3.61. The van der Waals surface area contributed by atoms with Crippen molar-refractivity contribution < 1.29 is 19.8 Å². The predicted molar refractivity (Wildman–Crippen MR) is 61.7 cm³/mol. The zero-order valence-corrected chi connectivity index (χ0v) is 9.59. The van der Waals surface area contributed by atoms with E-state index in [2.05, 4.69) is 0 Å². The van der Waals surface area contributed by atoms with E-state index in [1.54, 1.807) is 25.1 Å². The molecule has 0 heterocycles. The largest absolute Gasteiger partial charge is 0.508 e. The summed E-state index contributed by atoms with van der Waals surface area (Å²) in [5, 5.41) is 18.2. The van der Waals surface area contributed by atoms with E-state index in [1.807, 2.05) is 0 Å². The number of hydrogen-bond donors (Lipinski definition) is 2. The molecule has 1 aromatic rings. The lowest BCUT2D eigenvalue weighted by molar-refractivity contribution is -0.144. The zero-order valence-electron chi connectivity index (χ0n) is 9.59. The number of aromatic hydroxyl groups is 1. The average molecular weight is 237 g/mol. The maximum absolute atomic E-state index is 11.8. The van der Waals surface area contributed by atoms with E-state index in [0.29, 0.717) is 12.1 Å². The van der Waals surface area contributed by atoms with Crippen molar-refractivity contribution in [2.75, 3.05) is 13.1 Å². The van der Waals surface area contributed by atoms with E-state index in [9.17, 15) is 14.7 Å². The van der Waals surface area contributed by atoms with Gasteiger partial charge in [-0.3, -0.25) is 9.59 Å². The van der Waals surface area contributed by atoms with Gasteiger partial charge in [0.05, 0.1) is 6.42 Å². The van der Waals surface area contributed by atoms with Crippen molar-refractivity contribution in [3.8, 4) is 5.75 Å². The number of carbonyl (C=O) groups excluding carboxylic acids is 1. The van der Waals surface area contributed by atoms with Crippen LogP contribution >= 0.6 is 0 Å². The molecule has 1 aromatic carbocycles. The highest BCUT2D eigenvalue weighted by Gasteiger charge is 2.16. The van der Waals surface area contributed by atoms with E-state index in [4.69, 9.17) is 5.11 Å². The first-order valence-electron chi connectivity index (χ1n) is 5.31. The van der Waals surface area contributed by atoms with Crippen LogP contribution in [-0.2, 0) is 16.0 Å². The van der Waals surface area contributed by atoms with E-state index >= 15 is 0 Å². The Kier molecular flexibility index (Phi) is 4.51. The number of carboxylic acids is 1. The molecule has 0 aliphatic carbocycles. The lowest BCUT2D eigenvalue weighted by Crippen LogP contribution is -2.36. The van der Waals surface area contributed by atoms with Crippen LogP contribution in [0.15, 0.2) is 24.3 Å². The summed E-state index contributed by atoms with van der Waals surface area (Å²) >= 11 is 0. The van der Waals surface area contributed by atoms with Crippen molar-refractivity contribution in [3.05, 3.63) is 29.8 Å². The molecule has 1 rings (SSSR count). The van der Waals surface area contributed by atoms with Gasteiger partial charge in [-0.25, -0.2) is 0 Å². The van der Waals surface area contributed by atoms with Gasteiger partial charge in [0, 0.05) is 12.1 Å². The molecular formula is C12H15NO4. The first kappa shape index (κ1) is 13.0. The molecule has 1 amide bonds. The van der Waals surface area contributed by atoms with Crippen molar-refractivity contribution in [2.45, 2.75) is 13.3 Å². The predicted octanol–water partition coefficient (Wildman–Crippen LogP) is 0.868. The molecule has 0 aromatic heterocycles. The quantitative estimate of drug-likeness (QED) is 0.796. The molecule has 5 nitrogen and oxygen atoms in total. The van der Waals surface area contributed by atoms with E-state index < -0.39 is 5.97 Å². The smallest absolute Gasteiger partial charge is 0.323 e. The summed E-state index contributed by atoms with van der Waals surface area (Å²) in [5.41, 5.74) is 0.501. The van der Waals surface area contributed by atoms with Gasteiger partial charge in [-0.1, -0.05) is 18.2 Å². The summed E-state index contributed by atoms with van der Waals surface area (Å²) in [6.07, 6.45) is 0.00773. The highest BCUT2D eigenvalue weighted by molar-refractivity contribution is 5.83. The molecule has 0 atom stereocenters. The van der Waals surface area contributed by atoms with Crippen LogP contribution in [0.2, 0.25) is 0 Å². The number of carbonyl (C=O) groups is 2. The molecule has 0 saturated carbocycles. The SMILES string of the molecule is CCN(CC(=O)O)C(=O)Cc1ccccc1O. The Hall–Kier alpha value is -2.04. The minimum Gasteiger partial charge on any atom is -0.508 e. The fraction of sp³-hybridized carbons (Fsp3) is 0.333. The van der Waals surface area contributed by atoms with Crippen molar-refractivity contribution >= 4 is 11.9 Å². The monoisotopic (exact) mass is 237 g/mol. The molecule has 0 radical (unpaired) electrons. The fourth-order valence-corrected chi connectivity index (χ4v) is 1.47. The number of benzene rings is 1. The van der Waals surface area contributed by atoms with Crippen LogP contribution in [-0.4, -0.2) is 40.1 Å². The third-order valence-electron chi connectivity index (χ3n) is 2.39. The number of rotatable bonds is 5. The van der Waals surface area contributed by atoms with Crippen molar-refractivity contribution in [2.24, 2.45) is 0 Å². The van der Waals surface area contributed by atoms with Gasteiger partial charge in [-0.2, -0.15) is 0 Å². The van der Waals surface area contributed by atoms with Crippen molar-refractivity contribution in [1.82, 2.24) is 4.90 Å². The minimum absolute atomic E-state index is 0.00773. The zero-order chi connectivity index (χ0) is 12.8. The first-order valence-corrected chi connectivity index (χ1v) is 5.31. The number of phenolic OH excluding ortho intramolecular Hbond substituents is 1. The third-order valence-corrected chi connectivity index (χ3v) is 2.39. The van der Waals surface area contributed by atoms with E-state index in [1.165, 1.54) is 11.0 Å². The Morgan fingerprint density at radius 1 is 1.29 bits per heavy atom. The molecule has 2 N–H and O–H groups in total. The van der Waals surface area contributed by atoms with Gasteiger partial charge in [0.2, 0.25) is 5.91 Å². The van der Waals surface area contributed by atoms with Gasteiger partial charge < -0.3 is 15.1 Å². The summed E-state index contributed by atoms with van der Waals surface area (Å²) in [6.45, 7) is 1.73. The molecule has 0 bridgehead atoms. The van der Waals surface area contributed by atoms with Gasteiger partial charge in [0.25, 0.3) is 0 Å². The number of carboxylic acid groups (broad SMARTS) is 1. The van der Waals surface area contributed by atoms with Gasteiger partial charge in [-0.05, 0) is 13.0 Å². The first-order chi connectivity index (χ1) is 8.04. The molecule has 0 aliphatic heterocycles. The lowest BCUT2D eigenvalue weighted by atomic mass is 10.1. The number of nitrogens with zero attached hydrogens (tertiary/aromatic N) is 1. The number of hydrogen-bond acceptors (Lipinski definition) is 3. The van der Waals surface area contributed by atoms with Crippen LogP contribution in [0, 0.1) is 0 Å². The molecule has 5 heteroatoms. The van der Waals surface area contributed by atoms with Gasteiger partial charge in [0.1, 0.15) is 12.3 Å². The van der Waals surface area contributed by atoms with Gasteiger partial charge in [-0.15, -0.1) is 0 Å². The Bertz CT molecular complexity index is 417. The second kappa shape index (κ2) is 5.89. The normalized spacial score (nSPS) is 9.94. The number of likely N-dealkylation sites (N-methyl/N-ethyl adjacent to an activating group) is 1. The van der Waals surface area contributed by atoms with Crippen molar-refractivity contribution in [1.29, 1.82) is 0 Å². The number of amides is 1. The summed E-state index contributed by atoms with van der Waals surface area (Å²) < 4.78 is 0. The minimum atomic E-state index is -1.04. The number of aliphatic carboxylic acids is 1. The van der Waals surface area contributed by atoms with Gasteiger partial charge >= 0.3 is 5.97 Å². The highest BCUT2D eigenvalue weighted by atomic mass is 16.4. The standard InChI is InChI=1S/C12H15NO4/c1-2-13(8-12(16)17)11(15)7-9-5-3-4-6-10(9)14/h3-6,14H,2,7-8H2,1H3,(H,16,17). The van der Waals surface area contributed by atoms with Gasteiger partial charge in [0.15, 0.2) is 0 Å².